The number of nitrogens with zero attached hydrogens (tertiary/aromatic N) is 2. The lowest BCUT2D eigenvalue weighted by Gasteiger charge is -2.36. The van der Waals surface area contributed by atoms with Crippen LogP contribution in [0.15, 0.2) is 16.7 Å². The molecule has 1 aromatic heterocycles. The molecule has 94 valence electrons. The van der Waals surface area contributed by atoms with Crippen LogP contribution >= 0.6 is 31.9 Å². The Labute approximate surface area is 118 Å². The van der Waals surface area contributed by atoms with Crippen LogP contribution in [0.5, 0.6) is 0 Å². The van der Waals surface area contributed by atoms with E-state index in [4.69, 9.17) is 0 Å². The molecule has 0 saturated heterocycles. The Hall–Kier alpha value is -0.160. The Bertz CT molecular complexity index is 400. The van der Waals surface area contributed by atoms with Crippen LogP contribution in [-0.4, -0.2) is 22.9 Å². The first-order valence-corrected chi connectivity index (χ1v) is 7.48. The first-order chi connectivity index (χ1) is 8.09. The first kappa shape index (κ1) is 13.3. The van der Waals surface area contributed by atoms with E-state index < -0.39 is 0 Å². The van der Waals surface area contributed by atoms with Crippen molar-refractivity contribution in [3.63, 3.8) is 0 Å². The topological polar surface area (TPSA) is 16.1 Å². The molecular weight excluding hydrogens is 351 g/mol. The van der Waals surface area contributed by atoms with Crippen molar-refractivity contribution in [3.05, 3.63) is 22.6 Å². The zero-order valence-corrected chi connectivity index (χ0v) is 12.8. The third-order valence-electron chi connectivity index (χ3n) is 3.27. The largest absolute Gasteiger partial charge is 0.353 e. The molecule has 0 aromatic carbocycles. The van der Waals surface area contributed by atoms with E-state index in [-0.39, 0.29) is 5.82 Å². The predicted molar refractivity (Wildman–Crippen MR) is 75.3 cm³/mol. The smallest absolute Gasteiger partial charge is 0.166 e. The molecule has 2 unspecified atom stereocenters. The van der Waals surface area contributed by atoms with Gasteiger partial charge in [-0.05, 0) is 34.8 Å². The highest BCUT2D eigenvalue weighted by atomic mass is 79.9. The Morgan fingerprint density at radius 2 is 2.12 bits per heavy atom. The average Bonchev–Trinajstić information content (AvgIpc) is 2.29. The fraction of sp³-hybridized carbons (Fsp3) is 0.583. The Morgan fingerprint density at radius 1 is 1.41 bits per heavy atom. The van der Waals surface area contributed by atoms with Crippen LogP contribution in [0.1, 0.15) is 25.7 Å². The molecule has 0 N–H and O–H groups in total. The molecule has 2 rings (SSSR count). The zero-order valence-electron chi connectivity index (χ0n) is 9.67. The summed E-state index contributed by atoms with van der Waals surface area (Å²) in [4.78, 5) is 6.55. The predicted octanol–water partition coefficient (Wildman–Crippen LogP) is 4.13. The number of aromatic nitrogens is 1. The van der Waals surface area contributed by atoms with Crippen LogP contribution in [0.3, 0.4) is 0 Å². The van der Waals surface area contributed by atoms with E-state index >= 15 is 0 Å². The van der Waals surface area contributed by atoms with Crippen molar-refractivity contribution < 1.29 is 4.39 Å². The number of halogens is 3. The lowest BCUT2D eigenvalue weighted by atomic mass is 9.94. The summed E-state index contributed by atoms with van der Waals surface area (Å²) in [6.45, 7) is 0. The maximum Gasteiger partial charge on any atom is 0.166 e. The van der Waals surface area contributed by atoms with Crippen LogP contribution in [-0.2, 0) is 0 Å². The van der Waals surface area contributed by atoms with Gasteiger partial charge in [0.1, 0.15) is 0 Å². The highest BCUT2D eigenvalue weighted by molar-refractivity contribution is 9.10. The first-order valence-electron chi connectivity index (χ1n) is 5.77. The van der Waals surface area contributed by atoms with Crippen LogP contribution in [0, 0.1) is 5.82 Å². The maximum atomic E-state index is 13.8. The fourth-order valence-electron chi connectivity index (χ4n) is 2.33. The molecule has 17 heavy (non-hydrogen) atoms. The molecule has 0 amide bonds. The van der Waals surface area contributed by atoms with E-state index in [0.717, 1.165) is 12.8 Å². The zero-order chi connectivity index (χ0) is 12.4. The monoisotopic (exact) mass is 364 g/mol. The molecule has 0 bridgehead atoms. The van der Waals surface area contributed by atoms with Crippen molar-refractivity contribution >= 4 is 37.7 Å². The van der Waals surface area contributed by atoms with Crippen molar-refractivity contribution in [1.82, 2.24) is 4.98 Å². The summed E-state index contributed by atoms with van der Waals surface area (Å²) in [7, 11) is 1.92. The molecule has 0 radical (unpaired) electrons. The van der Waals surface area contributed by atoms with Crippen molar-refractivity contribution in [2.45, 2.75) is 36.6 Å². The molecule has 1 aliphatic rings. The van der Waals surface area contributed by atoms with Crippen LogP contribution in [0.4, 0.5) is 10.2 Å². The van der Waals surface area contributed by atoms with E-state index in [9.17, 15) is 4.39 Å². The molecule has 1 saturated carbocycles. The van der Waals surface area contributed by atoms with Gasteiger partial charge in [-0.25, -0.2) is 9.37 Å². The van der Waals surface area contributed by atoms with E-state index in [1.807, 2.05) is 11.9 Å². The van der Waals surface area contributed by atoms with Gasteiger partial charge in [0.05, 0.1) is 0 Å². The molecule has 1 heterocycles. The fourth-order valence-corrected chi connectivity index (χ4v) is 3.57. The number of alkyl halides is 1. The third kappa shape index (κ3) is 2.99. The Kier molecular flexibility index (Phi) is 4.42. The third-order valence-corrected chi connectivity index (χ3v) is 4.77. The molecule has 1 aliphatic carbocycles. The van der Waals surface area contributed by atoms with Gasteiger partial charge in [0, 0.05) is 28.6 Å². The standard InChI is InChI=1S/C12H15Br2FN2/c1-17(11-5-3-2-4-9(11)14)12-10(15)6-8(13)7-16-12/h6-7,9,11H,2-5H2,1H3. The minimum atomic E-state index is -0.271. The van der Waals surface area contributed by atoms with E-state index in [1.165, 1.54) is 18.9 Å². The maximum absolute atomic E-state index is 13.8. The van der Waals surface area contributed by atoms with Crippen LogP contribution in [0.2, 0.25) is 0 Å². The highest BCUT2D eigenvalue weighted by Gasteiger charge is 2.28. The second-order valence-corrected chi connectivity index (χ2v) is 6.53. The summed E-state index contributed by atoms with van der Waals surface area (Å²) in [6.07, 6.45) is 6.32. The van der Waals surface area contributed by atoms with E-state index in [2.05, 4.69) is 36.8 Å². The molecule has 0 aliphatic heterocycles. The Morgan fingerprint density at radius 3 is 2.76 bits per heavy atom. The van der Waals surface area contributed by atoms with Crippen molar-refractivity contribution in [2.75, 3.05) is 11.9 Å². The molecule has 1 fully saturated rings. The summed E-state index contributed by atoms with van der Waals surface area (Å²) >= 11 is 6.91. The van der Waals surface area contributed by atoms with Gasteiger partial charge in [0.2, 0.25) is 0 Å². The van der Waals surface area contributed by atoms with Crippen LogP contribution < -0.4 is 4.90 Å². The number of pyridine rings is 1. The van der Waals surface area contributed by atoms with Gasteiger partial charge in [0.15, 0.2) is 11.6 Å². The molecule has 1 aromatic rings. The minimum absolute atomic E-state index is 0.271. The van der Waals surface area contributed by atoms with E-state index in [1.54, 1.807) is 6.20 Å². The Balaban J connectivity index is 2.20. The number of rotatable bonds is 2. The van der Waals surface area contributed by atoms with Gasteiger partial charge in [-0.1, -0.05) is 28.8 Å². The van der Waals surface area contributed by atoms with E-state index in [0.29, 0.717) is 21.2 Å². The summed E-state index contributed by atoms with van der Waals surface area (Å²) in [5, 5.41) is 0. The summed E-state index contributed by atoms with van der Waals surface area (Å²) in [6, 6.07) is 1.79. The average molecular weight is 366 g/mol. The molecule has 0 spiro atoms. The van der Waals surface area contributed by atoms with Crippen LogP contribution in [0.25, 0.3) is 0 Å². The van der Waals surface area contributed by atoms with Gasteiger partial charge >= 0.3 is 0 Å². The lowest BCUT2D eigenvalue weighted by molar-refractivity contribution is 0.438. The minimum Gasteiger partial charge on any atom is -0.353 e. The molecular formula is C12H15Br2FN2. The lowest BCUT2D eigenvalue weighted by Crippen LogP contribution is -2.41. The number of hydrogen-bond acceptors (Lipinski definition) is 2. The second kappa shape index (κ2) is 5.65. The van der Waals surface area contributed by atoms with Gasteiger partial charge in [0.25, 0.3) is 0 Å². The molecule has 2 atom stereocenters. The second-order valence-electron chi connectivity index (χ2n) is 4.44. The van der Waals surface area contributed by atoms with Crippen molar-refractivity contribution in [1.29, 1.82) is 0 Å². The normalized spacial score (nSPS) is 24.7. The SMILES string of the molecule is CN(c1ncc(Br)cc1F)C1CCCCC1Br. The van der Waals surface area contributed by atoms with Gasteiger partial charge in [-0.2, -0.15) is 0 Å². The van der Waals surface area contributed by atoms with Gasteiger partial charge in [-0.3, -0.25) is 0 Å². The quantitative estimate of drug-likeness (QED) is 0.732. The summed E-state index contributed by atoms with van der Waals surface area (Å²) in [5.41, 5.74) is 0. The number of anilines is 1. The van der Waals surface area contributed by atoms with Crippen molar-refractivity contribution in [3.8, 4) is 0 Å². The molecule has 2 nitrogen and oxygen atoms in total. The number of hydrogen-bond donors (Lipinski definition) is 0. The van der Waals surface area contributed by atoms with Crippen molar-refractivity contribution in [2.24, 2.45) is 0 Å². The summed E-state index contributed by atoms with van der Waals surface area (Å²) in [5.74, 6) is 0.164. The highest BCUT2D eigenvalue weighted by Crippen LogP contribution is 2.31. The van der Waals surface area contributed by atoms with Gasteiger partial charge in [-0.15, -0.1) is 0 Å². The summed E-state index contributed by atoms with van der Waals surface area (Å²) < 4.78 is 14.5. The molecule has 5 heteroatoms. The van der Waals surface area contributed by atoms with Gasteiger partial charge < -0.3 is 4.90 Å².